The Kier molecular flexibility index (Phi) is 2.18. The van der Waals surface area contributed by atoms with E-state index in [2.05, 4.69) is 4.98 Å². The van der Waals surface area contributed by atoms with Gasteiger partial charge in [0.25, 0.3) is 5.56 Å². The zero-order valence-electron chi connectivity index (χ0n) is 9.47. The van der Waals surface area contributed by atoms with Gasteiger partial charge in [0.1, 0.15) is 5.65 Å². The van der Waals surface area contributed by atoms with Gasteiger partial charge in [-0.05, 0) is 26.8 Å². The Labute approximate surface area is 92.0 Å². The molecule has 0 radical (unpaired) electrons. The molecule has 0 saturated carbocycles. The molecular formula is C11H13N3O2. The van der Waals surface area contributed by atoms with Gasteiger partial charge in [-0.3, -0.25) is 13.8 Å². The van der Waals surface area contributed by atoms with Crippen LogP contribution in [0.2, 0.25) is 0 Å². The predicted octanol–water partition coefficient (Wildman–Crippen LogP) is 0.611. The summed E-state index contributed by atoms with van der Waals surface area (Å²) in [5.74, 6) is 0. The number of rotatable bonds is 0. The Bertz CT molecular complexity index is 647. The number of fused-ring (bicyclic) bond motifs is 1. The molecule has 5 nitrogen and oxygen atoms in total. The van der Waals surface area contributed by atoms with Crippen LogP contribution in [0.5, 0.6) is 0 Å². The Morgan fingerprint density at radius 1 is 1.12 bits per heavy atom. The van der Waals surface area contributed by atoms with Gasteiger partial charge < -0.3 is 0 Å². The van der Waals surface area contributed by atoms with E-state index in [0.29, 0.717) is 5.65 Å². The Hall–Kier alpha value is -1.91. The average molecular weight is 219 g/mol. The SMILES string of the molecule is CC(C)(C)n1ccc2nc(=O)ccn2c1=O. The van der Waals surface area contributed by atoms with E-state index in [9.17, 15) is 9.59 Å². The normalized spacial score (nSPS) is 11.9. The summed E-state index contributed by atoms with van der Waals surface area (Å²) < 4.78 is 2.97. The monoisotopic (exact) mass is 219 g/mol. The summed E-state index contributed by atoms with van der Waals surface area (Å²) in [4.78, 5) is 26.9. The predicted molar refractivity (Wildman–Crippen MR) is 60.7 cm³/mol. The van der Waals surface area contributed by atoms with Crippen molar-refractivity contribution in [1.29, 1.82) is 0 Å². The molecule has 0 fully saturated rings. The van der Waals surface area contributed by atoms with Gasteiger partial charge in [0.2, 0.25) is 0 Å². The first kappa shape index (κ1) is 10.6. The van der Waals surface area contributed by atoms with E-state index in [1.165, 1.54) is 16.7 Å². The number of aromatic nitrogens is 3. The Morgan fingerprint density at radius 2 is 1.81 bits per heavy atom. The third kappa shape index (κ3) is 1.64. The maximum Gasteiger partial charge on any atom is 0.334 e. The molecule has 2 aromatic heterocycles. The summed E-state index contributed by atoms with van der Waals surface area (Å²) in [5, 5.41) is 0. The summed E-state index contributed by atoms with van der Waals surface area (Å²) in [5.41, 5.74) is -0.461. The Morgan fingerprint density at radius 3 is 2.44 bits per heavy atom. The minimum absolute atomic E-state index is 0.197. The fourth-order valence-electron chi connectivity index (χ4n) is 1.53. The minimum Gasteiger partial charge on any atom is -0.295 e. The van der Waals surface area contributed by atoms with Crippen molar-refractivity contribution < 1.29 is 0 Å². The molecule has 0 unspecified atom stereocenters. The second-order valence-corrected chi connectivity index (χ2v) is 4.63. The number of nitrogens with zero attached hydrogens (tertiary/aromatic N) is 3. The maximum atomic E-state index is 12.1. The van der Waals surface area contributed by atoms with E-state index >= 15 is 0 Å². The van der Waals surface area contributed by atoms with Crippen LogP contribution in [0.25, 0.3) is 5.65 Å². The summed E-state index contributed by atoms with van der Waals surface area (Å²) in [6.45, 7) is 5.82. The molecule has 0 aliphatic rings. The largest absolute Gasteiger partial charge is 0.334 e. The summed E-state index contributed by atoms with van der Waals surface area (Å²) >= 11 is 0. The second kappa shape index (κ2) is 3.30. The standard InChI is InChI=1S/C11H13N3O2/c1-11(2,3)14-7-4-8-12-9(15)5-6-13(8)10(14)16/h4-7H,1-3H3. The van der Waals surface area contributed by atoms with Crippen molar-refractivity contribution >= 4 is 5.65 Å². The molecule has 0 atom stereocenters. The highest BCUT2D eigenvalue weighted by Gasteiger charge is 2.15. The quantitative estimate of drug-likeness (QED) is 0.652. The molecule has 0 spiro atoms. The molecule has 5 heteroatoms. The minimum atomic E-state index is -0.340. The molecule has 0 saturated heterocycles. The lowest BCUT2D eigenvalue weighted by molar-refractivity contribution is 0.375. The molecule has 0 aliphatic carbocycles. The van der Waals surface area contributed by atoms with Crippen LogP contribution in [0, 0.1) is 0 Å². The van der Waals surface area contributed by atoms with E-state index in [-0.39, 0.29) is 16.8 Å². The highest BCUT2D eigenvalue weighted by Crippen LogP contribution is 2.09. The summed E-state index contributed by atoms with van der Waals surface area (Å²) in [6, 6.07) is 2.94. The van der Waals surface area contributed by atoms with Crippen LogP contribution in [-0.2, 0) is 5.54 Å². The summed E-state index contributed by atoms with van der Waals surface area (Å²) in [7, 11) is 0. The lowest BCUT2D eigenvalue weighted by Crippen LogP contribution is -2.37. The van der Waals surface area contributed by atoms with Crippen LogP contribution >= 0.6 is 0 Å². The van der Waals surface area contributed by atoms with Crippen molar-refractivity contribution in [2.75, 3.05) is 0 Å². The molecule has 0 bridgehead atoms. The topological polar surface area (TPSA) is 56.4 Å². The van der Waals surface area contributed by atoms with Crippen molar-refractivity contribution in [2.24, 2.45) is 0 Å². The van der Waals surface area contributed by atoms with Crippen molar-refractivity contribution in [3.05, 3.63) is 45.4 Å². The van der Waals surface area contributed by atoms with Crippen LogP contribution in [0.4, 0.5) is 0 Å². The second-order valence-electron chi connectivity index (χ2n) is 4.63. The lowest BCUT2D eigenvalue weighted by atomic mass is 10.1. The molecule has 2 aromatic rings. The molecule has 2 heterocycles. The van der Waals surface area contributed by atoms with Crippen LogP contribution in [-0.4, -0.2) is 14.0 Å². The van der Waals surface area contributed by atoms with Crippen LogP contribution in [0.3, 0.4) is 0 Å². The van der Waals surface area contributed by atoms with Crippen molar-refractivity contribution in [1.82, 2.24) is 14.0 Å². The van der Waals surface area contributed by atoms with Crippen LogP contribution < -0.4 is 11.2 Å². The van der Waals surface area contributed by atoms with Gasteiger partial charge >= 0.3 is 5.69 Å². The highest BCUT2D eigenvalue weighted by molar-refractivity contribution is 5.34. The van der Waals surface area contributed by atoms with Gasteiger partial charge in [0, 0.05) is 24.0 Å². The molecule has 0 N–H and O–H groups in total. The molecule has 84 valence electrons. The van der Waals surface area contributed by atoms with Gasteiger partial charge in [-0.1, -0.05) is 0 Å². The lowest BCUT2D eigenvalue weighted by Gasteiger charge is -2.22. The molecular weight excluding hydrogens is 206 g/mol. The zero-order valence-corrected chi connectivity index (χ0v) is 9.47. The smallest absolute Gasteiger partial charge is 0.295 e. The van der Waals surface area contributed by atoms with E-state index in [1.54, 1.807) is 16.8 Å². The fourth-order valence-corrected chi connectivity index (χ4v) is 1.53. The highest BCUT2D eigenvalue weighted by atomic mass is 16.1. The van der Waals surface area contributed by atoms with E-state index < -0.39 is 0 Å². The van der Waals surface area contributed by atoms with Gasteiger partial charge in [0.05, 0.1) is 0 Å². The zero-order chi connectivity index (χ0) is 11.9. The maximum absolute atomic E-state index is 12.1. The van der Waals surface area contributed by atoms with Crippen molar-refractivity contribution in [3.8, 4) is 0 Å². The first-order valence-electron chi connectivity index (χ1n) is 5.01. The average Bonchev–Trinajstić information content (AvgIpc) is 2.15. The fraction of sp³-hybridized carbons (Fsp3) is 0.364. The third-order valence-electron chi connectivity index (χ3n) is 2.35. The van der Waals surface area contributed by atoms with Crippen molar-refractivity contribution in [3.63, 3.8) is 0 Å². The summed E-state index contributed by atoms with van der Waals surface area (Å²) in [6.07, 6.45) is 3.11. The van der Waals surface area contributed by atoms with Crippen LogP contribution in [0.1, 0.15) is 20.8 Å². The first-order valence-corrected chi connectivity index (χ1v) is 5.01. The number of hydrogen-bond acceptors (Lipinski definition) is 3. The van der Waals surface area contributed by atoms with Crippen molar-refractivity contribution in [2.45, 2.75) is 26.3 Å². The van der Waals surface area contributed by atoms with Gasteiger partial charge in [-0.2, -0.15) is 4.98 Å². The van der Waals surface area contributed by atoms with Gasteiger partial charge in [-0.15, -0.1) is 0 Å². The molecule has 2 rings (SSSR count). The third-order valence-corrected chi connectivity index (χ3v) is 2.35. The molecule has 0 amide bonds. The van der Waals surface area contributed by atoms with E-state index in [0.717, 1.165) is 0 Å². The Balaban J connectivity index is 2.86. The van der Waals surface area contributed by atoms with Gasteiger partial charge in [0.15, 0.2) is 0 Å². The van der Waals surface area contributed by atoms with E-state index in [1.807, 2.05) is 20.8 Å². The molecule has 0 aromatic carbocycles. The molecule has 16 heavy (non-hydrogen) atoms. The van der Waals surface area contributed by atoms with Crippen LogP contribution in [0.15, 0.2) is 34.1 Å². The van der Waals surface area contributed by atoms with E-state index in [4.69, 9.17) is 0 Å². The number of hydrogen-bond donors (Lipinski definition) is 0. The molecule has 0 aliphatic heterocycles. The van der Waals surface area contributed by atoms with Gasteiger partial charge in [-0.25, -0.2) is 4.79 Å². The first-order chi connectivity index (χ1) is 7.39.